The van der Waals surface area contributed by atoms with Crippen molar-refractivity contribution in [1.29, 1.82) is 5.26 Å². The van der Waals surface area contributed by atoms with Crippen LogP contribution in [0.3, 0.4) is 0 Å². The minimum atomic E-state index is -0.0352. The molecule has 0 bridgehead atoms. The van der Waals surface area contributed by atoms with Gasteiger partial charge in [-0.15, -0.1) is 11.3 Å². The Hall–Kier alpha value is -2.92. The number of aromatic nitrogens is 1. The van der Waals surface area contributed by atoms with Crippen molar-refractivity contribution in [2.75, 3.05) is 26.2 Å². The number of ether oxygens (including phenoxy) is 1. The molecule has 2 aromatic carbocycles. The molecule has 0 radical (unpaired) electrons. The van der Waals surface area contributed by atoms with Gasteiger partial charge in [-0.3, -0.25) is 9.69 Å². The summed E-state index contributed by atoms with van der Waals surface area (Å²) in [5.74, 6) is 0.679. The highest BCUT2D eigenvalue weighted by atomic mass is 35.5. The Bertz CT molecular complexity index is 1070. The average Bonchev–Trinajstić information content (AvgIpc) is 3.28. The summed E-state index contributed by atoms with van der Waals surface area (Å²) in [6.45, 7) is 4.09. The van der Waals surface area contributed by atoms with E-state index in [-0.39, 0.29) is 5.91 Å². The molecule has 6 nitrogen and oxygen atoms in total. The van der Waals surface area contributed by atoms with E-state index < -0.39 is 0 Å². The number of carbonyl (C=O) groups excluding carboxylic acids is 1. The maximum absolute atomic E-state index is 12.8. The van der Waals surface area contributed by atoms with Crippen LogP contribution in [0.15, 0.2) is 53.9 Å². The van der Waals surface area contributed by atoms with Gasteiger partial charge in [0.15, 0.2) is 0 Å². The molecule has 2 heterocycles. The van der Waals surface area contributed by atoms with E-state index in [1.165, 1.54) is 16.9 Å². The number of nitrogens with zero attached hydrogens (tertiary/aromatic N) is 4. The van der Waals surface area contributed by atoms with E-state index in [0.29, 0.717) is 41.7 Å². The Kier molecular flexibility index (Phi) is 6.82. The molecule has 1 fully saturated rings. The van der Waals surface area contributed by atoms with Crippen molar-refractivity contribution in [3.8, 4) is 11.8 Å². The first-order chi connectivity index (χ1) is 15.1. The second-order valence-corrected chi connectivity index (χ2v) is 8.63. The number of piperazine rings is 1. The van der Waals surface area contributed by atoms with Crippen LogP contribution in [0, 0.1) is 11.3 Å². The molecule has 3 aromatic rings. The van der Waals surface area contributed by atoms with Gasteiger partial charge in [-0.25, -0.2) is 4.98 Å². The fourth-order valence-corrected chi connectivity index (χ4v) is 4.17. The maximum Gasteiger partial charge on any atom is 0.273 e. The van der Waals surface area contributed by atoms with Crippen LogP contribution in [0.4, 0.5) is 0 Å². The van der Waals surface area contributed by atoms with Gasteiger partial charge < -0.3 is 9.64 Å². The van der Waals surface area contributed by atoms with Crippen LogP contribution in [0.5, 0.6) is 5.75 Å². The molecular weight excluding hydrogens is 432 g/mol. The van der Waals surface area contributed by atoms with Gasteiger partial charge in [0.1, 0.15) is 23.1 Å². The molecule has 1 aliphatic rings. The third-order valence-corrected chi connectivity index (χ3v) is 6.17. The number of hydrogen-bond donors (Lipinski definition) is 0. The number of thiazole rings is 1. The topological polar surface area (TPSA) is 69.5 Å². The first kappa shape index (κ1) is 21.3. The van der Waals surface area contributed by atoms with E-state index in [2.05, 4.69) is 16.0 Å². The molecule has 0 N–H and O–H groups in total. The largest absolute Gasteiger partial charge is 0.486 e. The summed E-state index contributed by atoms with van der Waals surface area (Å²) in [5, 5.41) is 12.1. The summed E-state index contributed by atoms with van der Waals surface area (Å²) in [5.41, 5.74) is 2.31. The summed E-state index contributed by atoms with van der Waals surface area (Å²) < 4.78 is 5.71. The summed E-state index contributed by atoms with van der Waals surface area (Å²) in [6, 6.07) is 16.9. The molecule has 0 unspecified atom stereocenters. The predicted octanol–water partition coefficient (Wildman–Crippen LogP) is 4.21. The van der Waals surface area contributed by atoms with Gasteiger partial charge in [0.2, 0.25) is 0 Å². The third-order valence-electron chi connectivity index (χ3n) is 5.10. The molecule has 0 spiro atoms. The molecular formula is C23H21ClN4O2S. The van der Waals surface area contributed by atoms with Gasteiger partial charge in [0.25, 0.3) is 5.91 Å². The Balaban J connectivity index is 1.26. The molecule has 31 heavy (non-hydrogen) atoms. The Morgan fingerprint density at radius 3 is 2.48 bits per heavy atom. The highest BCUT2D eigenvalue weighted by Crippen LogP contribution is 2.19. The molecule has 0 aliphatic carbocycles. The summed E-state index contributed by atoms with van der Waals surface area (Å²) in [4.78, 5) is 21.5. The number of hydrogen-bond acceptors (Lipinski definition) is 6. The molecule has 8 heteroatoms. The Morgan fingerprint density at radius 2 is 1.81 bits per heavy atom. The summed E-state index contributed by atoms with van der Waals surface area (Å²) >= 11 is 7.31. The normalized spacial score (nSPS) is 14.3. The van der Waals surface area contributed by atoms with Crippen LogP contribution in [-0.4, -0.2) is 46.9 Å². The highest BCUT2D eigenvalue weighted by molar-refractivity contribution is 7.09. The smallest absolute Gasteiger partial charge is 0.273 e. The summed E-state index contributed by atoms with van der Waals surface area (Å²) in [6.07, 6.45) is 0. The van der Waals surface area contributed by atoms with Crippen molar-refractivity contribution >= 4 is 28.8 Å². The number of rotatable bonds is 6. The fourth-order valence-electron chi connectivity index (χ4n) is 3.37. The lowest BCUT2D eigenvalue weighted by atomic mass is 10.1. The molecule has 1 amide bonds. The second-order valence-electron chi connectivity index (χ2n) is 7.25. The van der Waals surface area contributed by atoms with Crippen molar-refractivity contribution in [1.82, 2.24) is 14.8 Å². The van der Waals surface area contributed by atoms with Gasteiger partial charge in [0, 0.05) is 43.1 Å². The third kappa shape index (κ3) is 5.61. The lowest BCUT2D eigenvalue weighted by Gasteiger charge is -2.34. The minimum Gasteiger partial charge on any atom is -0.486 e. The van der Waals surface area contributed by atoms with Crippen LogP contribution in [0.25, 0.3) is 0 Å². The molecule has 4 rings (SSSR count). The van der Waals surface area contributed by atoms with Crippen LogP contribution in [-0.2, 0) is 13.2 Å². The zero-order valence-corrected chi connectivity index (χ0v) is 18.4. The van der Waals surface area contributed by atoms with Crippen molar-refractivity contribution in [3.63, 3.8) is 0 Å². The fraction of sp³-hybridized carbons (Fsp3) is 0.261. The highest BCUT2D eigenvalue weighted by Gasteiger charge is 2.24. The van der Waals surface area contributed by atoms with E-state index in [4.69, 9.17) is 21.6 Å². The second kappa shape index (κ2) is 9.92. The number of halogens is 1. The van der Waals surface area contributed by atoms with Gasteiger partial charge in [-0.1, -0.05) is 23.7 Å². The van der Waals surface area contributed by atoms with Crippen molar-refractivity contribution in [3.05, 3.63) is 80.8 Å². The number of benzene rings is 2. The van der Waals surface area contributed by atoms with Crippen LogP contribution < -0.4 is 4.74 Å². The molecule has 0 saturated carbocycles. The first-order valence-corrected chi connectivity index (χ1v) is 11.2. The van der Waals surface area contributed by atoms with E-state index in [9.17, 15) is 4.79 Å². The number of amides is 1. The van der Waals surface area contributed by atoms with E-state index in [1.807, 2.05) is 29.2 Å². The lowest BCUT2D eigenvalue weighted by molar-refractivity contribution is 0.0623. The van der Waals surface area contributed by atoms with Gasteiger partial charge in [0.05, 0.1) is 11.6 Å². The van der Waals surface area contributed by atoms with Gasteiger partial charge >= 0.3 is 0 Å². The minimum absolute atomic E-state index is 0.0352. The zero-order valence-electron chi connectivity index (χ0n) is 16.8. The van der Waals surface area contributed by atoms with Gasteiger partial charge in [-0.05, 0) is 42.0 Å². The van der Waals surface area contributed by atoms with Crippen LogP contribution >= 0.6 is 22.9 Å². The number of nitriles is 1. The predicted molar refractivity (Wildman–Crippen MR) is 120 cm³/mol. The zero-order chi connectivity index (χ0) is 21.6. The lowest BCUT2D eigenvalue weighted by Crippen LogP contribution is -2.48. The SMILES string of the molecule is N#Cc1ccc(CN2CCN(C(=O)c3csc(COc4ccc(Cl)cc4)n3)CC2)cc1. The standard InChI is InChI=1S/C23H21ClN4O2S/c24-19-5-7-20(8-6-19)30-15-22-26-21(16-31-22)23(29)28-11-9-27(10-12-28)14-18-3-1-17(13-25)2-4-18/h1-8,16H,9-12,14-15H2. The monoisotopic (exact) mass is 452 g/mol. The summed E-state index contributed by atoms with van der Waals surface area (Å²) in [7, 11) is 0. The molecule has 158 valence electrons. The molecule has 1 saturated heterocycles. The quantitative estimate of drug-likeness (QED) is 0.560. The average molecular weight is 453 g/mol. The van der Waals surface area contributed by atoms with Crippen LogP contribution in [0.2, 0.25) is 5.02 Å². The van der Waals surface area contributed by atoms with Crippen molar-refractivity contribution in [2.45, 2.75) is 13.2 Å². The van der Waals surface area contributed by atoms with E-state index in [0.717, 1.165) is 24.6 Å². The maximum atomic E-state index is 12.8. The molecule has 1 aliphatic heterocycles. The van der Waals surface area contributed by atoms with Gasteiger partial charge in [-0.2, -0.15) is 5.26 Å². The van der Waals surface area contributed by atoms with E-state index >= 15 is 0 Å². The molecule has 1 aromatic heterocycles. The van der Waals surface area contributed by atoms with E-state index in [1.54, 1.807) is 29.6 Å². The Morgan fingerprint density at radius 1 is 1.10 bits per heavy atom. The first-order valence-electron chi connectivity index (χ1n) is 9.94. The van der Waals surface area contributed by atoms with Crippen molar-refractivity contribution in [2.24, 2.45) is 0 Å². The van der Waals surface area contributed by atoms with Crippen molar-refractivity contribution < 1.29 is 9.53 Å². The Labute approximate surface area is 190 Å². The molecule has 0 atom stereocenters. The van der Waals surface area contributed by atoms with Crippen LogP contribution in [0.1, 0.15) is 26.6 Å². The number of carbonyl (C=O) groups is 1.